The SMILES string of the molecule is Cc1nc2ccccc2c(=O)n1OCc1ccc(Cl)cc1. The van der Waals surface area contributed by atoms with Crippen molar-refractivity contribution in [2.45, 2.75) is 13.5 Å². The molecule has 5 heteroatoms. The second-order valence-corrected chi connectivity index (χ2v) is 5.11. The molecule has 21 heavy (non-hydrogen) atoms. The van der Waals surface area contributed by atoms with Gasteiger partial charge in [-0.3, -0.25) is 4.79 Å². The number of para-hydroxylation sites is 1. The Labute approximate surface area is 126 Å². The molecular formula is C16H13ClN2O2. The first-order chi connectivity index (χ1) is 10.1. The Kier molecular flexibility index (Phi) is 3.62. The molecule has 0 aliphatic heterocycles. The van der Waals surface area contributed by atoms with Gasteiger partial charge in [-0.05, 0) is 36.8 Å². The number of fused-ring (bicyclic) bond motifs is 1. The van der Waals surface area contributed by atoms with E-state index in [0.29, 0.717) is 21.7 Å². The van der Waals surface area contributed by atoms with Gasteiger partial charge in [0.1, 0.15) is 12.4 Å². The van der Waals surface area contributed by atoms with E-state index in [-0.39, 0.29) is 12.2 Å². The van der Waals surface area contributed by atoms with E-state index in [1.165, 1.54) is 4.73 Å². The lowest BCUT2D eigenvalue weighted by Gasteiger charge is -2.12. The second-order valence-electron chi connectivity index (χ2n) is 4.68. The number of aromatic nitrogens is 2. The third-order valence-electron chi connectivity index (χ3n) is 3.17. The lowest BCUT2D eigenvalue weighted by Crippen LogP contribution is -2.29. The molecule has 0 unspecified atom stereocenters. The van der Waals surface area contributed by atoms with Crippen LogP contribution in [-0.2, 0) is 6.61 Å². The lowest BCUT2D eigenvalue weighted by atomic mass is 10.2. The highest BCUT2D eigenvalue weighted by Crippen LogP contribution is 2.10. The molecule has 0 aliphatic rings. The van der Waals surface area contributed by atoms with Gasteiger partial charge < -0.3 is 4.84 Å². The fourth-order valence-electron chi connectivity index (χ4n) is 2.10. The smallest absolute Gasteiger partial charge is 0.294 e. The summed E-state index contributed by atoms with van der Waals surface area (Å²) in [6.45, 7) is 2.02. The van der Waals surface area contributed by atoms with Crippen LogP contribution < -0.4 is 10.4 Å². The molecule has 0 radical (unpaired) electrons. The zero-order valence-corrected chi connectivity index (χ0v) is 12.2. The molecule has 0 saturated heterocycles. The first-order valence-corrected chi connectivity index (χ1v) is 6.89. The van der Waals surface area contributed by atoms with Gasteiger partial charge in [0.15, 0.2) is 0 Å². The van der Waals surface area contributed by atoms with Gasteiger partial charge in [0.25, 0.3) is 5.56 Å². The van der Waals surface area contributed by atoms with Crippen LogP contribution in [0.4, 0.5) is 0 Å². The minimum atomic E-state index is -0.202. The summed E-state index contributed by atoms with van der Waals surface area (Å²) in [6.07, 6.45) is 0. The standard InChI is InChI=1S/C16H13ClN2O2/c1-11-18-15-5-3-2-4-14(15)16(20)19(11)21-10-12-6-8-13(17)9-7-12/h2-9H,10H2,1H3. The van der Waals surface area contributed by atoms with Gasteiger partial charge in [-0.2, -0.15) is 0 Å². The van der Waals surface area contributed by atoms with Crippen molar-refractivity contribution in [2.75, 3.05) is 0 Å². The largest absolute Gasteiger partial charge is 0.404 e. The molecule has 0 fully saturated rings. The Bertz CT molecular complexity index is 841. The predicted molar refractivity (Wildman–Crippen MR) is 82.5 cm³/mol. The molecule has 3 aromatic rings. The summed E-state index contributed by atoms with van der Waals surface area (Å²) in [5.41, 5.74) is 1.40. The van der Waals surface area contributed by atoms with Crippen LogP contribution in [0.15, 0.2) is 53.3 Å². The van der Waals surface area contributed by atoms with Crippen LogP contribution in [-0.4, -0.2) is 9.71 Å². The van der Waals surface area contributed by atoms with Gasteiger partial charge in [0.2, 0.25) is 0 Å². The predicted octanol–water partition coefficient (Wildman–Crippen LogP) is 2.99. The summed E-state index contributed by atoms with van der Waals surface area (Å²) in [4.78, 5) is 22.4. The van der Waals surface area contributed by atoms with Crippen molar-refractivity contribution in [3.63, 3.8) is 0 Å². The highest BCUT2D eigenvalue weighted by molar-refractivity contribution is 6.30. The number of rotatable bonds is 3. The average molecular weight is 301 g/mol. The van der Waals surface area contributed by atoms with E-state index in [1.807, 2.05) is 30.3 Å². The summed E-state index contributed by atoms with van der Waals surface area (Å²) in [5, 5.41) is 1.21. The Balaban J connectivity index is 1.93. The summed E-state index contributed by atoms with van der Waals surface area (Å²) in [7, 11) is 0. The molecule has 0 amide bonds. The van der Waals surface area contributed by atoms with Gasteiger partial charge in [-0.15, -0.1) is 4.73 Å². The highest BCUT2D eigenvalue weighted by atomic mass is 35.5. The van der Waals surface area contributed by atoms with Crippen LogP contribution in [0, 0.1) is 6.92 Å². The number of hydrogen-bond acceptors (Lipinski definition) is 3. The van der Waals surface area contributed by atoms with Crippen molar-refractivity contribution in [2.24, 2.45) is 0 Å². The van der Waals surface area contributed by atoms with Crippen LogP contribution in [0.3, 0.4) is 0 Å². The zero-order chi connectivity index (χ0) is 14.8. The van der Waals surface area contributed by atoms with Crippen molar-refractivity contribution in [1.29, 1.82) is 0 Å². The number of nitrogens with zero attached hydrogens (tertiary/aromatic N) is 2. The van der Waals surface area contributed by atoms with E-state index < -0.39 is 0 Å². The summed E-state index contributed by atoms with van der Waals surface area (Å²) in [5.74, 6) is 0.521. The maximum absolute atomic E-state index is 12.4. The Morgan fingerprint density at radius 3 is 2.62 bits per heavy atom. The molecule has 2 aromatic carbocycles. The first-order valence-electron chi connectivity index (χ1n) is 6.51. The molecular weight excluding hydrogens is 288 g/mol. The zero-order valence-electron chi connectivity index (χ0n) is 11.4. The normalized spacial score (nSPS) is 10.8. The van der Waals surface area contributed by atoms with E-state index in [9.17, 15) is 4.79 Å². The van der Waals surface area contributed by atoms with E-state index in [1.54, 1.807) is 25.1 Å². The number of hydrogen-bond donors (Lipinski definition) is 0. The molecule has 0 spiro atoms. The van der Waals surface area contributed by atoms with Gasteiger partial charge >= 0.3 is 0 Å². The summed E-state index contributed by atoms with van der Waals surface area (Å²) in [6, 6.07) is 14.5. The van der Waals surface area contributed by atoms with E-state index in [2.05, 4.69) is 4.98 Å². The molecule has 0 saturated carbocycles. The fourth-order valence-corrected chi connectivity index (χ4v) is 2.23. The number of aryl methyl sites for hydroxylation is 1. The van der Waals surface area contributed by atoms with Crippen LogP contribution in [0.2, 0.25) is 5.02 Å². The van der Waals surface area contributed by atoms with Crippen LogP contribution >= 0.6 is 11.6 Å². The second kappa shape index (κ2) is 5.58. The Morgan fingerprint density at radius 1 is 1.14 bits per heavy atom. The molecule has 3 rings (SSSR count). The molecule has 1 aromatic heterocycles. The quantitative estimate of drug-likeness (QED) is 0.747. The lowest BCUT2D eigenvalue weighted by molar-refractivity contribution is 0.0831. The fraction of sp³-hybridized carbons (Fsp3) is 0.125. The molecule has 0 bridgehead atoms. The van der Waals surface area contributed by atoms with Crippen molar-refractivity contribution in [1.82, 2.24) is 9.71 Å². The minimum absolute atomic E-state index is 0.202. The van der Waals surface area contributed by atoms with Gasteiger partial charge in [0, 0.05) is 5.02 Å². The summed E-state index contributed by atoms with van der Waals surface area (Å²) < 4.78 is 1.23. The molecule has 0 N–H and O–H groups in total. The van der Waals surface area contributed by atoms with Crippen molar-refractivity contribution >= 4 is 22.5 Å². The number of halogens is 1. The van der Waals surface area contributed by atoms with Gasteiger partial charge in [-0.1, -0.05) is 35.9 Å². The van der Waals surface area contributed by atoms with E-state index >= 15 is 0 Å². The average Bonchev–Trinajstić information content (AvgIpc) is 2.49. The molecule has 106 valence electrons. The van der Waals surface area contributed by atoms with Crippen LogP contribution in [0.25, 0.3) is 10.9 Å². The Hall–Kier alpha value is -2.33. The number of benzene rings is 2. The van der Waals surface area contributed by atoms with Crippen LogP contribution in [0.5, 0.6) is 0 Å². The third-order valence-corrected chi connectivity index (χ3v) is 3.42. The van der Waals surface area contributed by atoms with Crippen molar-refractivity contribution < 1.29 is 4.84 Å². The maximum atomic E-state index is 12.4. The van der Waals surface area contributed by atoms with Gasteiger partial charge in [0.05, 0.1) is 10.9 Å². The van der Waals surface area contributed by atoms with Crippen LogP contribution in [0.1, 0.15) is 11.4 Å². The monoisotopic (exact) mass is 300 g/mol. The molecule has 1 heterocycles. The molecule has 0 aliphatic carbocycles. The molecule has 4 nitrogen and oxygen atoms in total. The van der Waals surface area contributed by atoms with Crippen molar-refractivity contribution in [3.8, 4) is 0 Å². The van der Waals surface area contributed by atoms with Crippen molar-refractivity contribution in [3.05, 3.63) is 75.3 Å². The van der Waals surface area contributed by atoms with E-state index in [4.69, 9.17) is 16.4 Å². The van der Waals surface area contributed by atoms with Gasteiger partial charge in [-0.25, -0.2) is 4.98 Å². The first kappa shape index (κ1) is 13.6. The third kappa shape index (κ3) is 2.76. The Morgan fingerprint density at radius 2 is 1.86 bits per heavy atom. The topological polar surface area (TPSA) is 44.1 Å². The summed E-state index contributed by atoms with van der Waals surface area (Å²) >= 11 is 5.84. The maximum Gasteiger partial charge on any atom is 0.294 e. The highest BCUT2D eigenvalue weighted by Gasteiger charge is 2.08. The minimum Gasteiger partial charge on any atom is -0.404 e. The molecule has 0 atom stereocenters. The van der Waals surface area contributed by atoms with E-state index in [0.717, 1.165) is 5.56 Å².